The summed E-state index contributed by atoms with van der Waals surface area (Å²) in [5.41, 5.74) is 1.43. The monoisotopic (exact) mass is 557 g/mol. The molecule has 2 aliphatic rings. The number of hydrogen-bond acceptors (Lipinski definition) is 6. The van der Waals surface area contributed by atoms with Gasteiger partial charge in [0.2, 0.25) is 0 Å². The van der Waals surface area contributed by atoms with Crippen molar-refractivity contribution in [2.75, 3.05) is 13.7 Å². The molecular weight excluding hydrogens is 530 g/mol. The minimum atomic E-state index is -1.36. The van der Waals surface area contributed by atoms with Crippen LogP contribution < -0.4 is 14.8 Å². The molecule has 0 saturated heterocycles. The van der Waals surface area contributed by atoms with Crippen molar-refractivity contribution in [1.82, 2.24) is 15.3 Å². The van der Waals surface area contributed by atoms with E-state index in [2.05, 4.69) is 43.3 Å². The summed E-state index contributed by atoms with van der Waals surface area (Å²) in [6, 6.07) is 22.4. The molecule has 1 aliphatic heterocycles. The molecule has 1 aliphatic carbocycles. The third kappa shape index (κ3) is 3.76. The largest absolute Gasteiger partial charge is 0.495 e. The van der Waals surface area contributed by atoms with Crippen LogP contribution in [0.2, 0.25) is 0 Å². The highest BCUT2D eigenvalue weighted by atomic mass is 79.9. The van der Waals surface area contributed by atoms with Crippen molar-refractivity contribution < 1.29 is 14.6 Å². The maximum Gasteiger partial charge on any atom is 0.174 e. The van der Waals surface area contributed by atoms with E-state index >= 15 is 0 Å². The minimum Gasteiger partial charge on any atom is -0.495 e. The summed E-state index contributed by atoms with van der Waals surface area (Å²) < 4.78 is 13.6. The number of ether oxygens (including phenoxy) is 2. The molecule has 1 fully saturated rings. The number of nitrogens with one attached hydrogen (secondary N) is 1. The fourth-order valence-electron chi connectivity index (χ4n) is 6.29. The lowest BCUT2D eigenvalue weighted by Crippen LogP contribution is -2.52. The van der Waals surface area contributed by atoms with Crippen molar-refractivity contribution in [3.8, 4) is 11.5 Å². The highest BCUT2D eigenvalue weighted by Crippen LogP contribution is 2.69. The second-order valence-electron chi connectivity index (χ2n) is 9.71. The van der Waals surface area contributed by atoms with Crippen LogP contribution in [0, 0.1) is 5.92 Å². The van der Waals surface area contributed by atoms with Crippen LogP contribution in [-0.4, -0.2) is 28.7 Å². The fraction of sp³-hybridized carbons (Fsp3) is 0.267. The zero-order chi connectivity index (χ0) is 25.5. The van der Waals surface area contributed by atoms with Crippen molar-refractivity contribution in [3.05, 3.63) is 118 Å². The molecular formula is C30H28BrN3O3. The van der Waals surface area contributed by atoms with Crippen LogP contribution in [0.25, 0.3) is 0 Å². The van der Waals surface area contributed by atoms with Gasteiger partial charge in [0.1, 0.15) is 17.1 Å². The van der Waals surface area contributed by atoms with Crippen LogP contribution in [0.15, 0.2) is 96.0 Å². The van der Waals surface area contributed by atoms with Gasteiger partial charge in [-0.3, -0.25) is 9.97 Å². The highest BCUT2D eigenvalue weighted by molar-refractivity contribution is 9.10. The number of fused-ring (bicyclic) bond motifs is 3. The van der Waals surface area contributed by atoms with Gasteiger partial charge in [-0.05, 0) is 47.4 Å². The van der Waals surface area contributed by atoms with Gasteiger partial charge in [-0.2, -0.15) is 0 Å². The summed E-state index contributed by atoms with van der Waals surface area (Å²) in [5, 5.41) is 16.7. The quantitative estimate of drug-likeness (QED) is 0.320. The van der Waals surface area contributed by atoms with Gasteiger partial charge in [-0.25, -0.2) is 0 Å². The molecule has 1 saturated carbocycles. The summed E-state index contributed by atoms with van der Waals surface area (Å²) in [5.74, 6) is 0.821. The van der Waals surface area contributed by atoms with E-state index in [0.29, 0.717) is 30.2 Å². The van der Waals surface area contributed by atoms with Crippen molar-refractivity contribution in [3.63, 3.8) is 0 Å². The summed E-state index contributed by atoms with van der Waals surface area (Å²) >= 11 is 3.57. The van der Waals surface area contributed by atoms with Crippen molar-refractivity contribution in [2.24, 2.45) is 5.92 Å². The molecule has 4 atom stereocenters. The SMILES string of the molecule is COc1cncc2c1C1(O)C(CNCc3ccncc3)CC(c3ccccc3)C1(c1ccc(Br)cc1)O2. The number of hydrogen-bond donors (Lipinski definition) is 2. The zero-order valence-electron chi connectivity index (χ0n) is 20.5. The fourth-order valence-corrected chi connectivity index (χ4v) is 6.55. The first-order valence-electron chi connectivity index (χ1n) is 12.4. The smallest absolute Gasteiger partial charge is 0.174 e. The molecule has 0 spiro atoms. The van der Waals surface area contributed by atoms with Gasteiger partial charge in [-0.15, -0.1) is 0 Å². The highest BCUT2D eigenvalue weighted by Gasteiger charge is 2.73. The maximum absolute atomic E-state index is 13.1. The van der Waals surface area contributed by atoms with Gasteiger partial charge in [-0.1, -0.05) is 58.4 Å². The molecule has 4 aromatic rings. The van der Waals surface area contributed by atoms with Gasteiger partial charge in [0.15, 0.2) is 5.60 Å². The van der Waals surface area contributed by atoms with E-state index in [9.17, 15) is 5.11 Å². The molecule has 2 N–H and O–H groups in total. The number of benzene rings is 2. The predicted molar refractivity (Wildman–Crippen MR) is 144 cm³/mol. The summed E-state index contributed by atoms with van der Waals surface area (Å²) in [4.78, 5) is 8.47. The Morgan fingerprint density at radius 3 is 2.51 bits per heavy atom. The van der Waals surface area contributed by atoms with Crippen LogP contribution >= 0.6 is 15.9 Å². The van der Waals surface area contributed by atoms with Crippen molar-refractivity contribution in [1.29, 1.82) is 0 Å². The Labute approximate surface area is 224 Å². The predicted octanol–water partition coefficient (Wildman–Crippen LogP) is 5.32. The molecule has 0 bridgehead atoms. The number of pyridine rings is 2. The lowest BCUT2D eigenvalue weighted by Gasteiger charge is -2.42. The van der Waals surface area contributed by atoms with Crippen molar-refractivity contribution in [2.45, 2.75) is 30.1 Å². The van der Waals surface area contributed by atoms with Gasteiger partial charge in [0.25, 0.3) is 0 Å². The van der Waals surface area contributed by atoms with Gasteiger partial charge in [0, 0.05) is 41.8 Å². The third-order valence-electron chi connectivity index (χ3n) is 7.86. The number of aromatic nitrogens is 2. The van der Waals surface area contributed by atoms with Crippen LogP contribution in [0.5, 0.6) is 11.5 Å². The molecule has 7 heteroatoms. The molecule has 6 rings (SSSR count). The second-order valence-corrected chi connectivity index (χ2v) is 10.6. The first-order chi connectivity index (χ1) is 18.1. The minimum absolute atomic E-state index is 0.107. The Bertz CT molecular complexity index is 1390. The number of nitrogens with zero attached hydrogens (tertiary/aromatic N) is 2. The molecule has 6 nitrogen and oxygen atoms in total. The van der Waals surface area contributed by atoms with E-state index in [1.165, 1.54) is 0 Å². The standard InChI is InChI=1S/C30H28BrN3O3/c1-36-26-18-34-19-27-28(26)29(35)23(17-33-16-20-11-13-32-14-12-20)15-25(21-5-3-2-4-6-21)30(29,37-27)22-7-9-24(31)10-8-22/h2-14,18-19,23,25,33,35H,15-17H2,1H3. The lowest BCUT2D eigenvalue weighted by atomic mass is 9.70. The van der Waals surface area contributed by atoms with Gasteiger partial charge < -0.3 is 19.9 Å². The second kappa shape index (κ2) is 9.56. The normalized spacial score (nSPS) is 25.8. The van der Waals surface area contributed by atoms with Gasteiger partial charge in [0.05, 0.1) is 25.1 Å². The molecule has 3 heterocycles. The first kappa shape index (κ1) is 24.1. The Morgan fingerprint density at radius 2 is 1.78 bits per heavy atom. The molecule has 0 radical (unpaired) electrons. The molecule has 2 aromatic carbocycles. The summed E-state index contributed by atoms with van der Waals surface area (Å²) in [7, 11) is 1.61. The van der Waals surface area contributed by atoms with Crippen LogP contribution in [0.1, 0.15) is 34.6 Å². The van der Waals surface area contributed by atoms with Crippen molar-refractivity contribution >= 4 is 15.9 Å². The molecule has 0 amide bonds. The molecule has 4 unspecified atom stereocenters. The van der Waals surface area contributed by atoms with E-state index in [-0.39, 0.29) is 11.8 Å². The zero-order valence-corrected chi connectivity index (χ0v) is 22.1. The van der Waals surface area contributed by atoms with Crippen LogP contribution in [0.3, 0.4) is 0 Å². The van der Waals surface area contributed by atoms with E-state index < -0.39 is 11.2 Å². The lowest BCUT2D eigenvalue weighted by molar-refractivity contribution is -0.127. The summed E-state index contributed by atoms with van der Waals surface area (Å²) in [6.07, 6.45) is 7.67. The number of rotatable bonds is 7. The average molecular weight is 558 g/mol. The van der Waals surface area contributed by atoms with Crippen LogP contribution in [-0.2, 0) is 17.7 Å². The Balaban J connectivity index is 1.51. The molecule has 2 aromatic heterocycles. The topological polar surface area (TPSA) is 76.5 Å². The third-order valence-corrected chi connectivity index (χ3v) is 8.39. The number of methoxy groups -OCH3 is 1. The number of aliphatic hydroxyl groups is 1. The average Bonchev–Trinajstić information content (AvgIpc) is 3.35. The maximum atomic E-state index is 13.1. The Hall–Kier alpha value is -3.26. The first-order valence-corrected chi connectivity index (χ1v) is 13.2. The van der Waals surface area contributed by atoms with Gasteiger partial charge >= 0.3 is 0 Å². The van der Waals surface area contributed by atoms with E-state index in [1.807, 2.05) is 54.6 Å². The van der Waals surface area contributed by atoms with E-state index in [4.69, 9.17) is 9.47 Å². The molecule has 188 valence electrons. The Morgan fingerprint density at radius 1 is 1.03 bits per heavy atom. The number of halogens is 1. The summed E-state index contributed by atoms with van der Waals surface area (Å²) in [6.45, 7) is 1.27. The van der Waals surface area contributed by atoms with E-state index in [0.717, 1.165) is 27.6 Å². The Kier molecular flexibility index (Phi) is 6.23. The van der Waals surface area contributed by atoms with Crippen LogP contribution in [0.4, 0.5) is 0 Å². The van der Waals surface area contributed by atoms with E-state index in [1.54, 1.807) is 31.9 Å². The molecule has 37 heavy (non-hydrogen) atoms.